The van der Waals surface area contributed by atoms with E-state index in [0.717, 1.165) is 41.8 Å². The lowest BCUT2D eigenvalue weighted by Gasteiger charge is -2.38. The second-order valence-corrected chi connectivity index (χ2v) is 18.8. The number of hydrogen-bond acceptors (Lipinski definition) is 7. The molecule has 0 N–H and O–H groups in total. The second kappa shape index (κ2) is 16.8. The van der Waals surface area contributed by atoms with E-state index in [-0.39, 0.29) is 0 Å². The Kier molecular flexibility index (Phi) is 11.1. The largest absolute Gasteiger partial charge is 0.472 e. The van der Waals surface area contributed by atoms with Crippen molar-refractivity contribution in [3.63, 3.8) is 0 Å². The van der Waals surface area contributed by atoms with Crippen LogP contribution in [0.5, 0.6) is 23.0 Å². The molecular formula is C54H40F2O3S4. The van der Waals surface area contributed by atoms with Gasteiger partial charge in [-0.1, -0.05) is 72.8 Å². The Morgan fingerprint density at radius 1 is 0.429 bits per heavy atom. The fourth-order valence-corrected chi connectivity index (χ4v) is 10.3. The summed E-state index contributed by atoms with van der Waals surface area (Å²) in [5, 5.41) is 1.92. The van der Waals surface area contributed by atoms with Crippen LogP contribution in [0.25, 0.3) is 33.7 Å². The van der Waals surface area contributed by atoms with Gasteiger partial charge in [0.15, 0.2) is 11.2 Å². The number of rotatable bonds is 10. The Morgan fingerprint density at radius 3 is 1.05 bits per heavy atom. The molecule has 8 aromatic carbocycles. The summed E-state index contributed by atoms with van der Waals surface area (Å²) in [4.78, 5) is 4.48. The average molecular weight is 903 g/mol. The van der Waals surface area contributed by atoms with Gasteiger partial charge >= 0.3 is 0 Å². The Hall–Kier alpha value is -5.58. The molecule has 9 heteroatoms. The second-order valence-electron chi connectivity index (χ2n) is 15.3. The van der Waals surface area contributed by atoms with Crippen LogP contribution < -0.4 is 14.2 Å². The third kappa shape index (κ3) is 7.19. The Labute approximate surface area is 383 Å². The molecule has 63 heavy (non-hydrogen) atoms. The molecule has 3 nitrogen and oxygen atoms in total. The molecule has 0 radical (unpaired) electrons. The van der Waals surface area contributed by atoms with Crippen LogP contribution in [0.2, 0.25) is 0 Å². The van der Waals surface area contributed by atoms with Crippen LogP contribution in [-0.2, 0) is 11.2 Å². The first kappa shape index (κ1) is 41.4. The molecule has 312 valence electrons. The summed E-state index contributed by atoms with van der Waals surface area (Å²) in [6.07, 6.45) is 16.2. The summed E-state index contributed by atoms with van der Waals surface area (Å²) >= 11 is 6.66. The van der Waals surface area contributed by atoms with Crippen LogP contribution in [0.4, 0.5) is 8.78 Å². The first-order chi connectivity index (χ1) is 30.8. The molecule has 0 aromatic heterocycles. The summed E-state index contributed by atoms with van der Waals surface area (Å²) in [5.74, 6) is 0.813. The van der Waals surface area contributed by atoms with Gasteiger partial charge in [0.05, 0.1) is 21.9 Å². The zero-order chi connectivity index (χ0) is 43.3. The molecule has 0 unspecified atom stereocenters. The molecule has 0 saturated heterocycles. The van der Waals surface area contributed by atoms with Crippen molar-refractivity contribution in [1.29, 1.82) is 0 Å². The summed E-state index contributed by atoms with van der Waals surface area (Å²) in [7, 11) is 0. The highest BCUT2D eigenvalue weighted by Gasteiger charge is 2.41. The maximum absolute atomic E-state index is 16.2. The lowest BCUT2D eigenvalue weighted by molar-refractivity contribution is 0.162. The first-order valence-corrected chi connectivity index (χ1v) is 25.2. The maximum Gasteiger partial charge on any atom is 0.178 e. The van der Waals surface area contributed by atoms with Gasteiger partial charge in [-0.05, 0) is 133 Å². The van der Waals surface area contributed by atoms with E-state index in [1.165, 1.54) is 12.1 Å². The lowest BCUT2D eigenvalue weighted by Crippen LogP contribution is -2.34. The molecule has 2 aliphatic heterocycles. The highest BCUT2D eigenvalue weighted by molar-refractivity contribution is 7.99. The van der Waals surface area contributed by atoms with E-state index in [4.69, 9.17) is 14.2 Å². The van der Waals surface area contributed by atoms with Crippen molar-refractivity contribution in [2.75, 3.05) is 25.0 Å². The van der Waals surface area contributed by atoms with Gasteiger partial charge < -0.3 is 14.2 Å². The summed E-state index contributed by atoms with van der Waals surface area (Å²) in [6.45, 7) is 0. The topological polar surface area (TPSA) is 27.7 Å². The first-order valence-electron chi connectivity index (χ1n) is 20.3. The minimum atomic E-state index is -1.09. The standard InChI is InChI=1S/C54H40F2O3S4/c1-60-39-19-11-35(12-20-39)53(36-13-21-40(61-2)22-14-36)29-27-43-47(31-33-7-5-9-45(55)49(33)51(43)58-53)57-48-32-34-8-6-10-46(56)50(34)52-44(48)28-30-54(59-52,37-15-23-41(62-3)24-16-37)38-17-25-42(63-4)26-18-38/h5-32H,1-4H3. The van der Waals surface area contributed by atoms with E-state index in [9.17, 15) is 0 Å². The fourth-order valence-electron chi connectivity index (χ4n) is 8.65. The Morgan fingerprint density at radius 2 is 0.746 bits per heavy atom. The molecule has 0 atom stereocenters. The molecular weight excluding hydrogens is 863 g/mol. The molecule has 0 amide bonds. The molecule has 0 spiro atoms. The van der Waals surface area contributed by atoms with Crippen molar-refractivity contribution in [3.05, 3.63) is 203 Å². The highest BCUT2D eigenvalue weighted by Crippen LogP contribution is 2.53. The summed E-state index contributed by atoms with van der Waals surface area (Å²) < 4.78 is 54.0. The monoisotopic (exact) mass is 902 g/mol. The number of fused-ring (bicyclic) bond motifs is 6. The van der Waals surface area contributed by atoms with Crippen LogP contribution in [-0.4, -0.2) is 25.0 Å². The number of ether oxygens (including phenoxy) is 3. The number of benzene rings is 8. The molecule has 8 aromatic rings. The van der Waals surface area contributed by atoms with Crippen molar-refractivity contribution in [2.45, 2.75) is 30.8 Å². The van der Waals surface area contributed by atoms with Crippen LogP contribution in [0.3, 0.4) is 0 Å². The van der Waals surface area contributed by atoms with E-state index >= 15 is 8.78 Å². The predicted molar refractivity (Wildman–Crippen MR) is 262 cm³/mol. The smallest absolute Gasteiger partial charge is 0.178 e. The molecule has 2 heterocycles. The molecule has 0 bridgehead atoms. The average Bonchev–Trinajstić information content (AvgIpc) is 3.33. The van der Waals surface area contributed by atoms with Crippen LogP contribution in [0, 0.1) is 11.6 Å². The third-order valence-corrected chi connectivity index (χ3v) is 14.9. The van der Waals surface area contributed by atoms with E-state index in [1.54, 1.807) is 59.2 Å². The van der Waals surface area contributed by atoms with Crippen molar-refractivity contribution >= 4 is 80.7 Å². The molecule has 0 fully saturated rings. The minimum Gasteiger partial charge on any atom is -0.472 e. The van der Waals surface area contributed by atoms with Crippen molar-refractivity contribution in [2.24, 2.45) is 0 Å². The van der Waals surface area contributed by atoms with E-state index < -0.39 is 22.8 Å². The van der Waals surface area contributed by atoms with Gasteiger partial charge in [-0.2, -0.15) is 0 Å². The molecule has 0 aliphatic carbocycles. The van der Waals surface area contributed by atoms with Gasteiger partial charge in [-0.15, -0.1) is 47.0 Å². The zero-order valence-electron chi connectivity index (χ0n) is 34.8. The SMILES string of the molecule is CSc1ccc(C2(c3ccc(SC)cc3)C=Cc3c(Oc4cc5cccc(F)c5c5c4C=CC(c4ccc(SC)cc4)(c4ccc(SC)cc4)O5)cc4cccc(F)c4c3O2)cc1. The normalized spacial score (nSPS) is 14.5. The number of hydrogen-bond donors (Lipinski definition) is 0. The van der Waals surface area contributed by atoms with Crippen molar-refractivity contribution < 1.29 is 23.0 Å². The van der Waals surface area contributed by atoms with Gasteiger partial charge in [0.1, 0.15) is 34.6 Å². The van der Waals surface area contributed by atoms with E-state index in [0.29, 0.717) is 55.7 Å². The fraction of sp³-hybridized carbons (Fsp3) is 0.111. The van der Waals surface area contributed by atoms with Gasteiger partial charge in [-0.3, -0.25) is 0 Å². The number of thioether (sulfide) groups is 4. The van der Waals surface area contributed by atoms with Gasteiger partial charge in [0.2, 0.25) is 0 Å². The lowest BCUT2D eigenvalue weighted by atomic mass is 9.83. The van der Waals surface area contributed by atoms with Gasteiger partial charge in [0, 0.05) is 41.8 Å². The molecule has 10 rings (SSSR count). The predicted octanol–water partition coefficient (Wildman–Crippen LogP) is 15.6. The molecule has 2 aliphatic rings. The Bertz CT molecular complexity index is 2790. The zero-order valence-corrected chi connectivity index (χ0v) is 38.0. The Balaban J connectivity index is 1.16. The highest BCUT2D eigenvalue weighted by atomic mass is 32.2. The molecule has 0 saturated carbocycles. The van der Waals surface area contributed by atoms with Gasteiger partial charge in [-0.25, -0.2) is 8.78 Å². The van der Waals surface area contributed by atoms with Crippen LogP contribution in [0.1, 0.15) is 33.4 Å². The van der Waals surface area contributed by atoms with E-state index in [1.807, 2.05) is 73.6 Å². The van der Waals surface area contributed by atoms with Crippen LogP contribution >= 0.6 is 47.0 Å². The van der Waals surface area contributed by atoms with Crippen molar-refractivity contribution in [3.8, 4) is 23.0 Å². The summed E-state index contributed by atoms with van der Waals surface area (Å²) in [5.41, 5.74) is 2.59. The maximum atomic E-state index is 16.2. The van der Waals surface area contributed by atoms with Gasteiger partial charge in [0.25, 0.3) is 0 Å². The number of halogens is 2. The summed E-state index contributed by atoms with van der Waals surface area (Å²) in [6, 6.07) is 46.9. The van der Waals surface area contributed by atoms with Crippen molar-refractivity contribution in [1.82, 2.24) is 0 Å². The van der Waals surface area contributed by atoms with Crippen LogP contribution in [0.15, 0.2) is 177 Å². The minimum absolute atomic E-state index is 0.352. The quantitative estimate of drug-likeness (QED) is 0.126. The van der Waals surface area contributed by atoms with E-state index in [2.05, 4.69) is 97.1 Å². The third-order valence-electron chi connectivity index (χ3n) is 11.9.